The Morgan fingerprint density at radius 3 is 2.86 bits per heavy atom. The fourth-order valence-corrected chi connectivity index (χ4v) is 2.68. The molecule has 0 fully saturated rings. The molecule has 2 aromatic rings. The van der Waals surface area contributed by atoms with Gasteiger partial charge in [0.05, 0.1) is 12.1 Å². The van der Waals surface area contributed by atoms with Crippen molar-refractivity contribution >= 4 is 17.2 Å². The maximum Gasteiger partial charge on any atom is 0.227 e. The summed E-state index contributed by atoms with van der Waals surface area (Å²) in [5, 5.41) is 7.00. The van der Waals surface area contributed by atoms with Gasteiger partial charge in [0.1, 0.15) is 5.76 Å². The van der Waals surface area contributed by atoms with Crippen LogP contribution < -0.4 is 5.32 Å². The molecule has 0 radical (unpaired) electrons. The van der Waals surface area contributed by atoms with Crippen LogP contribution in [0, 0.1) is 12.8 Å². The highest BCUT2D eigenvalue weighted by Gasteiger charge is 2.17. The second-order valence-corrected chi connectivity index (χ2v) is 6.23. The predicted octanol–water partition coefficient (Wildman–Crippen LogP) is 3.80. The van der Waals surface area contributed by atoms with Gasteiger partial charge in [0, 0.05) is 17.0 Å². The van der Waals surface area contributed by atoms with Gasteiger partial charge in [-0.05, 0) is 31.2 Å². The van der Waals surface area contributed by atoms with Crippen LogP contribution in [0.2, 0.25) is 0 Å². The number of thiophene rings is 1. The molecular weight excluding hydrogens is 284 g/mol. The van der Waals surface area contributed by atoms with E-state index >= 15 is 0 Å². The first-order valence-electron chi connectivity index (χ1n) is 7.29. The van der Waals surface area contributed by atoms with Crippen LogP contribution in [-0.4, -0.2) is 16.9 Å². The molecule has 0 spiro atoms. The van der Waals surface area contributed by atoms with Crippen molar-refractivity contribution in [2.75, 3.05) is 0 Å². The Labute approximate surface area is 129 Å². The Bertz CT molecular complexity index is 589. The van der Waals surface area contributed by atoms with Gasteiger partial charge in [-0.25, -0.2) is 4.98 Å². The van der Waals surface area contributed by atoms with Gasteiger partial charge in [-0.15, -0.1) is 0 Å². The van der Waals surface area contributed by atoms with Crippen molar-refractivity contribution in [3.63, 3.8) is 0 Å². The molecule has 0 saturated carbocycles. The Morgan fingerprint density at radius 2 is 2.24 bits per heavy atom. The number of nitrogens with one attached hydrogen (secondary N) is 1. The monoisotopic (exact) mass is 306 g/mol. The van der Waals surface area contributed by atoms with Crippen LogP contribution in [0.1, 0.15) is 38.6 Å². The van der Waals surface area contributed by atoms with Crippen LogP contribution in [0.5, 0.6) is 0 Å². The Balaban J connectivity index is 2.01. The first kappa shape index (κ1) is 15.8. The minimum atomic E-state index is -0.00364. The summed E-state index contributed by atoms with van der Waals surface area (Å²) in [7, 11) is 0. The highest BCUT2D eigenvalue weighted by molar-refractivity contribution is 7.08. The second-order valence-electron chi connectivity index (χ2n) is 5.45. The molecule has 0 saturated heterocycles. The van der Waals surface area contributed by atoms with Gasteiger partial charge in [-0.3, -0.25) is 4.79 Å². The highest BCUT2D eigenvalue weighted by atomic mass is 32.1. The zero-order valence-electron chi connectivity index (χ0n) is 13.0. The topological polar surface area (TPSA) is 55.1 Å². The smallest absolute Gasteiger partial charge is 0.227 e. The number of aryl methyl sites for hydroxylation is 1. The third-order valence-corrected chi connectivity index (χ3v) is 4.56. The molecule has 21 heavy (non-hydrogen) atoms. The van der Waals surface area contributed by atoms with E-state index in [1.165, 1.54) is 0 Å². The van der Waals surface area contributed by atoms with E-state index in [-0.39, 0.29) is 18.4 Å². The maximum absolute atomic E-state index is 12.1. The lowest BCUT2D eigenvalue weighted by Crippen LogP contribution is -2.37. The molecule has 114 valence electrons. The molecule has 2 aromatic heterocycles. The molecular formula is C16H22N2O2S. The third-order valence-electron chi connectivity index (χ3n) is 3.87. The van der Waals surface area contributed by atoms with Crippen LogP contribution >= 0.6 is 11.3 Å². The molecule has 2 heterocycles. The Morgan fingerprint density at radius 1 is 1.48 bits per heavy atom. The van der Waals surface area contributed by atoms with Gasteiger partial charge < -0.3 is 9.73 Å². The first-order chi connectivity index (χ1) is 10.0. The largest absolute Gasteiger partial charge is 0.441 e. The zero-order valence-corrected chi connectivity index (χ0v) is 13.8. The van der Waals surface area contributed by atoms with Gasteiger partial charge in [0.2, 0.25) is 11.8 Å². The molecule has 0 aliphatic heterocycles. The fraction of sp³-hybridized carbons (Fsp3) is 0.500. The average molecular weight is 306 g/mol. The van der Waals surface area contributed by atoms with E-state index in [9.17, 15) is 4.79 Å². The van der Waals surface area contributed by atoms with Crippen molar-refractivity contribution in [2.45, 2.75) is 46.6 Å². The van der Waals surface area contributed by atoms with Crippen molar-refractivity contribution in [1.29, 1.82) is 0 Å². The van der Waals surface area contributed by atoms with E-state index in [0.29, 0.717) is 23.3 Å². The number of oxazole rings is 1. The lowest BCUT2D eigenvalue weighted by atomic mass is 10.0. The van der Waals surface area contributed by atoms with Crippen molar-refractivity contribution in [3.05, 3.63) is 28.3 Å². The summed E-state index contributed by atoms with van der Waals surface area (Å²) in [4.78, 5) is 16.5. The van der Waals surface area contributed by atoms with Crippen molar-refractivity contribution in [2.24, 2.45) is 5.92 Å². The molecule has 5 heteroatoms. The normalized spacial score (nSPS) is 13.9. The highest BCUT2D eigenvalue weighted by Crippen LogP contribution is 2.24. The fourth-order valence-electron chi connectivity index (χ4n) is 2.05. The summed E-state index contributed by atoms with van der Waals surface area (Å²) >= 11 is 1.60. The summed E-state index contributed by atoms with van der Waals surface area (Å²) < 4.78 is 5.65. The summed E-state index contributed by atoms with van der Waals surface area (Å²) in [6.45, 7) is 8.16. The van der Waals surface area contributed by atoms with Crippen molar-refractivity contribution in [1.82, 2.24) is 10.3 Å². The third kappa shape index (κ3) is 3.94. The van der Waals surface area contributed by atoms with Crippen molar-refractivity contribution < 1.29 is 9.21 Å². The van der Waals surface area contributed by atoms with E-state index in [1.54, 1.807) is 11.3 Å². The minimum absolute atomic E-state index is 0.00364. The van der Waals surface area contributed by atoms with E-state index < -0.39 is 0 Å². The minimum Gasteiger partial charge on any atom is -0.441 e. The van der Waals surface area contributed by atoms with Gasteiger partial charge in [-0.1, -0.05) is 20.3 Å². The lowest BCUT2D eigenvalue weighted by Gasteiger charge is -2.19. The van der Waals surface area contributed by atoms with Gasteiger partial charge in [-0.2, -0.15) is 11.3 Å². The number of aromatic nitrogens is 1. The molecule has 0 aliphatic carbocycles. The predicted molar refractivity (Wildman–Crippen MR) is 85.3 cm³/mol. The molecule has 0 aromatic carbocycles. The number of nitrogens with zero attached hydrogens (tertiary/aromatic N) is 1. The second kappa shape index (κ2) is 6.89. The molecule has 2 rings (SSSR count). The van der Waals surface area contributed by atoms with E-state index in [2.05, 4.69) is 24.1 Å². The lowest BCUT2D eigenvalue weighted by molar-refractivity contribution is -0.121. The average Bonchev–Trinajstić information content (AvgIpc) is 3.08. The summed E-state index contributed by atoms with van der Waals surface area (Å²) in [6, 6.07) is 2.14. The molecule has 2 atom stereocenters. The Hall–Kier alpha value is -1.62. The summed E-state index contributed by atoms with van der Waals surface area (Å²) in [5.74, 6) is 1.76. The molecule has 0 unspecified atom stereocenters. The van der Waals surface area contributed by atoms with Crippen LogP contribution in [0.4, 0.5) is 0 Å². The number of hydrogen-bond donors (Lipinski definition) is 1. The van der Waals surface area contributed by atoms with Crippen LogP contribution in [-0.2, 0) is 11.2 Å². The van der Waals surface area contributed by atoms with Gasteiger partial charge in [0.15, 0.2) is 0 Å². The first-order valence-corrected chi connectivity index (χ1v) is 8.23. The van der Waals surface area contributed by atoms with Crippen LogP contribution in [0.3, 0.4) is 0 Å². The van der Waals surface area contributed by atoms with E-state index in [4.69, 9.17) is 4.42 Å². The number of carbonyl (C=O) groups is 1. The number of rotatable bonds is 6. The molecule has 4 nitrogen and oxygen atoms in total. The summed E-state index contributed by atoms with van der Waals surface area (Å²) in [5.41, 5.74) is 1.67. The van der Waals surface area contributed by atoms with Crippen LogP contribution in [0.25, 0.3) is 11.5 Å². The Kier molecular flexibility index (Phi) is 5.17. The zero-order chi connectivity index (χ0) is 15.4. The van der Waals surface area contributed by atoms with Crippen LogP contribution in [0.15, 0.2) is 21.2 Å². The van der Waals surface area contributed by atoms with Crippen molar-refractivity contribution in [3.8, 4) is 11.5 Å². The SMILES string of the molecule is CC[C@H](C)[C@@H](C)NC(=O)Cc1nc(-c2ccsc2)oc1C. The molecule has 0 bridgehead atoms. The standard InChI is InChI=1S/C16H22N2O2S/c1-5-10(2)11(3)17-15(19)8-14-12(4)20-16(18-14)13-6-7-21-9-13/h6-7,9-11H,5,8H2,1-4H3,(H,17,19)/t10-,11+/m0/s1. The molecule has 1 amide bonds. The number of carbonyl (C=O) groups excluding carboxylic acids is 1. The number of amides is 1. The molecule has 0 aliphatic rings. The van der Waals surface area contributed by atoms with Gasteiger partial charge in [0.25, 0.3) is 0 Å². The van der Waals surface area contributed by atoms with Gasteiger partial charge >= 0.3 is 0 Å². The molecule has 1 N–H and O–H groups in total. The van der Waals surface area contributed by atoms with E-state index in [1.807, 2.05) is 30.7 Å². The van der Waals surface area contributed by atoms with E-state index in [0.717, 1.165) is 12.0 Å². The number of hydrogen-bond acceptors (Lipinski definition) is 4. The maximum atomic E-state index is 12.1. The quantitative estimate of drug-likeness (QED) is 0.883. The summed E-state index contributed by atoms with van der Waals surface area (Å²) in [6.07, 6.45) is 1.31.